The van der Waals surface area contributed by atoms with Gasteiger partial charge in [-0.2, -0.15) is 5.26 Å². The second-order valence-corrected chi connectivity index (χ2v) is 10.0. The Hall–Kier alpha value is -3.15. The normalized spacial score (nSPS) is 22.3. The number of nitrogens with zero attached hydrogens (tertiary/aromatic N) is 2. The van der Waals surface area contributed by atoms with Crippen molar-refractivity contribution in [2.45, 2.75) is 19.4 Å². The van der Waals surface area contributed by atoms with Crippen LogP contribution in [0.5, 0.6) is 0 Å². The van der Waals surface area contributed by atoms with Gasteiger partial charge in [-0.25, -0.2) is 8.42 Å². The van der Waals surface area contributed by atoms with Crippen molar-refractivity contribution in [2.24, 2.45) is 0 Å². The summed E-state index contributed by atoms with van der Waals surface area (Å²) < 4.78 is 29.6. The maximum atomic E-state index is 13.2. The van der Waals surface area contributed by atoms with Crippen LogP contribution in [0.25, 0.3) is 17.4 Å². The first kappa shape index (κ1) is 21.1. The van der Waals surface area contributed by atoms with Gasteiger partial charge in [-0.05, 0) is 49.3 Å². The summed E-state index contributed by atoms with van der Waals surface area (Å²) in [5.74, 6) is -0.967. The van der Waals surface area contributed by atoms with E-state index < -0.39 is 27.7 Å². The van der Waals surface area contributed by atoms with Crippen LogP contribution in [0.3, 0.4) is 0 Å². The molecule has 158 valence electrons. The molecular formula is C22H17ClN2O5S. The van der Waals surface area contributed by atoms with E-state index in [0.717, 1.165) is 4.90 Å². The van der Waals surface area contributed by atoms with E-state index >= 15 is 0 Å². The van der Waals surface area contributed by atoms with Crippen LogP contribution < -0.4 is 0 Å². The standard InChI is InChI=1S/C22H17ClN2O5S/c1-13-17(10-15-6-7-20(30-15)16-4-2-3-5-19(16)23)21(26)25(22(27)18(13)11-24)14-8-9-31(28,29)12-14/h2-7,10,14H,8-9,12H2,1H3/b17-10+/t14-/m1/s1. The molecule has 1 atom stereocenters. The number of hydrogen-bond donors (Lipinski definition) is 0. The number of halogens is 1. The Balaban J connectivity index is 1.75. The van der Waals surface area contributed by atoms with Crippen LogP contribution in [0.1, 0.15) is 19.1 Å². The van der Waals surface area contributed by atoms with Gasteiger partial charge >= 0.3 is 0 Å². The molecule has 1 aromatic heterocycles. The Bertz CT molecular complexity index is 1310. The lowest BCUT2D eigenvalue weighted by atomic mass is 9.93. The van der Waals surface area contributed by atoms with Crippen LogP contribution in [0.2, 0.25) is 5.02 Å². The highest BCUT2D eigenvalue weighted by atomic mass is 35.5. The minimum Gasteiger partial charge on any atom is -0.457 e. The molecule has 0 N–H and O–H groups in total. The molecule has 0 radical (unpaired) electrons. The molecule has 3 heterocycles. The largest absolute Gasteiger partial charge is 0.457 e. The molecule has 1 saturated heterocycles. The first-order chi connectivity index (χ1) is 14.7. The molecule has 7 nitrogen and oxygen atoms in total. The van der Waals surface area contributed by atoms with E-state index in [2.05, 4.69) is 0 Å². The molecule has 0 bridgehead atoms. The molecule has 2 aromatic rings. The Labute approximate surface area is 184 Å². The van der Waals surface area contributed by atoms with Gasteiger partial charge in [-0.3, -0.25) is 14.5 Å². The molecule has 4 rings (SSSR count). The number of amides is 2. The highest BCUT2D eigenvalue weighted by molar-refractivity contribution is 7.91. The van der Waals surface area contributed by atoms with E-state index in [-0.39, 0.29) is 34.6 Å². The summed E-state index contributed by atoms with van der Waals surface area (Å²) in [5.41, 5.74) is 0.834. The number of sulfone groups is 1. The third-order valence-corrected chi connectivity index (χ3v) is 7.48. The van der Waals surface area contributed by atoms with E-state index in [9.17, 15) is 23.3 Å². The molecular weight excluding hydrogens is 440 g/mol. The first-order valence-corrected chi connectivity index (χ1v) is 11.7. The fraction of sp³-hybridized carbons (Fsp3) is 0.227. The first-order valence-electron chi connectivity index (χ1n) is 9.48. The van der Waals surface area contributed by atoms with Gasteiger partial charge in [0.25, 0.3) is 11.8 Å². The van der Waals surface area contributed by atoms with Crippen LogP contribution >= 0.6 is 11.6 Å². The zero-order valence-electron chi connectivity index (χ0n) is 16.5. The molecule has 1 fully saturated rings. The highest BCUT2D eigenvalue weighted by Crippen LogP contribution is 2.33. The van der Waals surface area contributed by atoms with Gasteiger partial charge in [-0.15, -0.1) is 0 Å². The van der Waals surface area contributed by atoms with Crippen molar-refractivity contribution >= 4 is 39.3 Å². The van der Waals surface area contributed by atoms with Gasteiger partial charge in [0.2, 0.25) is 0 Å². The maximum Gasteiger partial charge on any atom is 0.271 e. The van der Waals surface area contributed by atoms with Gasteiger partial charge in [0, 0.05) is 11.1 Å². The average molecular weight is 457 g/mol. The van der Waals surface area contributed by atoms with E-state index in [1.54, 1.807) is 30.3 Å². The number of rotatable bonds is 3. The van der Waals surface area contributed by atoms with Crippen LogP contribution in [-0.4, -0.2) is 42.7 Å². The van der Waals surface area contributed by atoms with Crippen LogP contribution in [-0.2, 0) is 19.4 Å². The number of furan rings is 1. The fourth-order valence-corrected chi connectivity index (χ4v) is 5.72. The van der Waals surface area contributed by atoms with Gasteiger partial charge in [0.15, 0.2) is 9.84 Å². The van der Waals surface area contributed by atoms with Crippen molar-refractivity contribution in [2.75, 3.05) is 11.5 Å². The zero-order chi connectivity index (χ0) is 22.3. The number of imide groups is 1. The number of carbonyl (C=O) groups is 2. The molecule has 2 amide bonds. The summed E-state index contributed by atoms with van der Waals surface area (Å²) in [4.78, 5) is 26.8. The smallest absolute Gasteiger partial charge is 0.271 e. The lowest BCUT2D eigenvalue weighted by Crippen LogP contribution is -2.49. The van der Waals surface area contributed by atoms with Gasteiger partial charge in [0.05, 0.1) is 22.6 Å². The Kier molecular flexibility index (Phi) is 5.33. The highest BCUT2D eigenvalue weighted by Gasteiger charge is 2.43. The number of carbonyl (C=O) groups excluding carboxylic acids is 2. The van der Waals surface area contributed by atoms with Gasteiger partial charge in [-0.1, -0.05) is 23.7 Å². The zero-order valence-corrected chi connectivity index (χ0v) is 18.0. The molecule has 2 aliphatic heterocycles. The molecule has 0 unspecified atom stereocenters. The third-order valence-electron chi connectivity index (χ3n) is 5.40. The third kappa shape index (κ3) is 3.82. The Morgan fingerprint density at radius 3 is 2.58 bits per heavy atom. The fourth-order valence-electron chi connectivity index (χ4n) is 3.79. The molecule has 31 heavy (non-hydrogen) atoms. The minimum atomic E-state index is -3.33. The van der Waals surface area contributed by atoms with Crippen LogP contribution in [0.4, 0.5) is 0 Å². The second-order valence-electron chi connectivity index (χ2n) is 7.39. The lowest BCUT2D eigenvalue weighted by molar-refractivity contribution is -0.142. The van der Waals surface area contributed by atoms with E-state index in [4.69, 9.17) is 16.0 Å². The number of benzene rings is 1. The summed E-state index contributed by atoms with van der Waals surface area (Å²) in [6.07, 6.45) is 1.61. The minimum absolute atomic E-state index is 0.0995. The van der Waals surface area contributed by atoms with Crippen molar-refractivity contribution in [3.8, 4) is 17.4 Å². The molecule has 0 aliphatic carbocycles. The number of hydrogen-bond acceptors (Lipinski definition) is 6. The Morgan fingerprint density at radius 1 is 1.19 bits per heavy atom. The van der Waals surface area contributed by atoms with Crippen LogP contribution in [0.15, 0.2) is 57.5 Å². The summed E-state index contributed by atoms with van der Waals surface area (Å²) in [5, 5.41) is 10.0. The topological polar surface area (TPSA) is 108 Å². The summed E-state index contributed by atoms with van der Waals surface area (Å²) >= 11 is 6.21. The predicted molar refractivity (Wildman–Crippen MR) is 114 cm³/mol. The SMILES string of the molecule is CC1=C(C#N)C(=O)N([C@@H]2CCS(=O)(=O)C2)C(=O)/C1=C/c1ccc(-c2ccccc2Cl)o1. The monoisotopic (exact) mass is 456 g/mol. The van der Waals surface area contributed by atoms with Gasteiger partial charge in [0.1, 0.15) is 23.2 Å². The summed E-state index contributed by atoms with van der Waals surface area (Å²) in [6, 6.07) is 11.6. The van der Waals surface area contributed by atoms with Gasteiger partial charge < -0.3 is 4.42 Å². The molecule has 9 heteroatoms. The lowest BCUT2D eigenvalue weighted by Gasteiger charge is -2.31. The van der Waals surface area contributed by atoms with E-state index in [0.29, 0.717) is 22.1 Å². The van der Waals surface area contributed by atoms with Crippen molar-refractivity contribution < 1.29 is 22.4 Å². The van der Waals surface area contributed by atoms with Crippen molar-refractivity contribution in [1.82, 2.24) is 4.90 Å². The number of nitriles is 1. The van der Waals surface area contributed by atoms with Crippen molar-refractivity contribution in [3.05, 3.63) is 63.9 Å². The van der Waals surface area contributed by atoms with E-state index in [1.165, 1.54) is 13.0 Å². The second kappa shape index (κ2) is 7.84. The average Bonchev–Trinajstić information content (AvgIpc) is 3.32. The molecule has 2 aliphatic rings. The Morgan fingerprint density at radius 2 is 1.94 bits per heavy atom. The molecule has 0 spiro atoms. The van der Waals surface area contributed by atoms with E-state index in [1.807, 2.05) is 12.1 Å². The maximum absolute atomic E-state index is 13.2. The quantitative estimate of drug-likeness (QED) is 0.517. The molecule has 1 aromatic carbocycles. The van der Waals surface area contributed by atoms with Crippen LogP contribution in [0, 0.1) is 11.3 Å². The molecule has 0 saturated carbocycles. The van der Waals surface area contributed by atoms with Crippen molar-refractivity contribution in [1.29, 1.82) is 5.26 Å². The summed E-state index contributed by atoms with van der Waals surface area (Å²) in [6.45, 7) is 1.51. The summed E-state index contributed by atoms with van der Waals surface area (Å²) in [7, 11) is -3.33. The predicted octanol–water partition coefficient (Wildman–Crippen LogP) is 3.38. The van der Waals surface area contributed by atoms with Crippen molar-refractivity contribution in [3.63, 3.8) is 0 Å².